The zero-order valence-corrected chi connectivity index (χ0v) is 18.1. The number of carbonyl (C=O) groups is 1. The fourth-order valence-corrected chi connectivity index (χ4v) is 2.77. The Hall–Kier alpha value is -0.770. The van der Waals surface area contributed by atoms with Crippen molar-refractivity contribution in [1.82, 2.24) is 0 Å². The third-order valence-electron chi connectivity index (χ3n) is 4.50. The number of likely N-dealkylation sites (N-methyl/N-ethyl adjacent to an activating group) is 1. The predicted octanol–water partition coefficient (Wildman–Crippen LogP) is 0.476. The smallest absolute Gasteiger partial charge is 0.102 e. The molecule has 0 radical (unpaired) electrons. The molecule has 0 spiro atoms. The van der Waals surface area contributed by atoms with E-state index >= 15 is 0 Å². The number of nitrogens with zero attached hydrogens (tertiary/aromatic N) is 1. The fraction of sp³-hybridized carbons (Fsp3) is 0.950. The summed E-state index contributed by atoms with van der Waals surface area (Å²) in [5, 5.41) is 10.0. The number of piperidine rings is 1. The molecule has 168 valence electrons. The Labute approximate surface area is 170 Å². The van der Waals surface area contributed by atoms with Crippen molar-refractivity contribution < 1.29 is 38.1 Å². The van der Waals surface area contributed by atoms with Gasteiger partial charge in [-0.2, -0.15) is 0 Å². The number of carboxylic acids is 1. The fourth-order valence-electron chi connectivity index (χ4n) is 2.77. The normalized spacial score (nSPS) is 15.7. The Morgan fingerprint density at radius 1 is 0.821 bits per heavy atom. The first-order valence-corrected chi connectivity index (χ1v) is 10.4. The molecule has 0 unspecified atom stereocenters. The van der Waals surface area contributed by atoms with Crippen LogP contribution in [0.2, 0.25) is 0 Å². The Kier molecular flexibility index (Phi) is 19.0. The van der Waals surface area contributed by atoms with Crippen molar-refractivity contribution >= 4 is 5.97 Å². The van der Waals surface area contributed by atoms with Crippen LogP contribution < -0.4 is 5.11 Å². The van der Waals surface area contributed by atoms with Crippen LogP contribution in [-0.4, -0.2) is 104 Å². The van der Waals surface area contributed by atoms with Crippen LogP contribution in [0.25, 0.3) is 0 Å². The van der Waals surface area contributed by atoms with Crippen molar-refractivity contribution in [1.29, 1.82) is 0 Å². The summed E-state index contributed by atoms with van der Waals surface area (Å²) in [4.78, 5) is 10.0. The first-order valence-electron chi connectivity index (χ1n) is 10.4. The van der Waals surface area contributed by atoms with E-state index in [1.54, 1.807) is 7.11 Å². The minimum absolute atomic E-state index is 0.0832. The highest BCUT2D eigenvalue weighted by atomic mass is 16.6. The lowest BCUT2D eigenvalue weighted by Gasteiger charge is -2.37. The number of quaternary nitrogens is 1. The lowest BCUT2D eigenvalue weighted by molar-refractivity contribution is -0.914. The van der Waals surface area contributed by atoms with Gasteiger partial charge < -0.3 is 38.1 Å². The molecule has 8 heteroatoms. The number of carboxylic acid groups (broad SMARTS) is 1. The van der Waals surface area contributed by atoms with E-state index in [0.717, 1.165) is 13.2 Å². The highest BCUT2D eigenvalue weighted by molar-refractivity contribution is 5.64. The Morgan fingerprint density at radius 3 is 1.86 bits per heavy atom. The Bertz CT molecular complexity index is 349. The molecule has 0 amide bonds. The van der Waals surface area contributed by atoms with Crippen molar-refractivity contribution in [3.05, 3.63) is 0 Å². The minimum Gasteiger partial charge on any atom is -0.550 e. The first-order chi connectivity index (χ1) is 13.5. The molecule has 1 fully saturated rings. The molecule has 0 aromatic heterocycles. The van der Waals surface area contributed by atoms with Gasteiger partial charge in [0.25, 0.3) is 0 Å². The maximum absolute atomic E-state index is 10.0. The van der Waals surface area contributed by atoms with Crippen molar-refractivity contribution in [2.45, 2.75) is 32.6 Å². The molecule has 1 saturated heterocycles. The van der Waals surface area contributed by atoms with Gasteiger partial charge in [-0.25, -0.2) is 0 Å². The topological polar surface area (TPSA) is 86.3 Å². The van der Waals surface area contributed by atoms with Crippen molar-refractivity contribution in [3.63, 3.8) is 0 Å². The molecule has 0 aromatic rings. The zero-order valence-electron chi connectivity index (χ0n) is 18.1. The molecule has 1 heterocycles. The van der Waals surface area contributed by atoms with Crippen LogP contribution in [0.4, 0.5) is 0 Å². The minimum atomic E-state index is -1.10. The largest absolute Gasteiger partial charge is 0.550 e. The molecule has 0 aliphatic carbocycles. The second-order valence-corrected chi connectivity index (χ2v) is 7.00. The third kappa shape index (κ3) is 18.6. The number of carbonyl (C=O) groups excluding carboxylic acids is 1. The van der Waals surface area contributed by atoms with Gasteiger partial charge in [-0.3, -0.25) is 0 Å². The maximum atomic E-state index is 10.0. The molecular formula is C20H41NO7. The molecular weight excluding hydrogens is 366 g/mol. The monoisotopic (exact) mass is 407 g/mol. The average Bonchev–Trinajstić information content (AvgIpc) is 2.67. The van der Waals surface area contributed by atoms with Gasteiger partial charge in [0.2, 0.25) is 0 Å². The molecule has 0 atom stereocenters. The quantitative estimate of drug-likeness (QED) is 0.272. The predicted molar refractivity (Wildman–Crippen MR) is 105 cm³/mol. The maximum Gasteiger partial charge on any atom is 0.102 e. The highest BCUT2D eigenvalue weighted by Gasteiger charge is 2.23. The molecule has 1 aliphatic rings. The summed E-state index contributed by atoms with van der Waals surface area (Å²) in [5.74, 6) is -1.10. The third-order valence-corrected chi connectivity index (χ3v) is 4.50. The number of hydrogen-bond acceptors (Lipinski definition) is 7. The highest BCUT2D eigenvalue weighted by Crippen LogP contribution is 2.15. The SMILES string of the molecule is CCOCC[N+]1(C)CCCCC1.COCCOCCOCCOCCC(=O)[O-]. The van der Waals surface area contributed by atoms with E-state index in [4.69, 9.17) is 23.7 Å². The van der Waals surface area contributed by atoms with Crippen molar-refractivity contribution in [3.8, 4) is 0 Å². The number of hydrogen-bond donors (Lipinski definition) is 0. The van der Waals surface area contributed by atoms with E-state index in [-0.39, 0.29) is 13.0 Å². The summed E-state index contributed by atoms with van der Waals surface area (Å²) in [6.45, 7) is 10.9. The van der Waals surface area contributed by atoms with Gasteiger partial charge in [-0.15, -0.1) is 0 Å². The van der Waals surface area contributed by atoms with Gasteiger partial charge in [-0.1, -0.05) is 0 Å². The van der Waals surface area contributed by atoms with Gasteiger partial charge in [0.05, 0.1) is 73.0 Å². The number of methoxy groups -OCH3 is 1. The van der Waals surface area contributed by atoms with Crippen LogP contribution in [0.3, 0.4) is 0 Å². The second kappa shape index (κ2) is 19.5. The summed E-state index contributed by atoms with van der Waals surface area (Å²) in [7, 11) is 3.97. The standard InChI is InChI=1S/C10H22NO.C10H20O6/c1-3-12-10-9-11(2)7-5-4-6-8-11;1-13-4-5-15-8-9-16-7-6-14-3-2-10(11)12/h3-10H2,1-2H3;2-9H2,1H3,(H,11,12)/q+1;/p-1. The number of likely N-dealkylation sites (tertiary alicyclic amines) is 1. The van der Waals surface area contributed by atoms with Gasteiger partial charge in [-0.05, 0) is 26.2 Å². The van der Waals surface area contributed by atoms with E-state index in [0.29, 0.717) is 39.6 Å². The lowest BCUT2D eigenvalue weighted by atomic mass is 10.1. The molecule has 0 N–H and O–H groups in total. The lowest BCUT2D eigenvalue weighted by Crippen LogP contribution is -2.49. The number of aliphatic carboxylic acids is 1. The summed E-state index contributed by atoms with van der Waals surface area (Å²) in [6.07, 6.45) is 4.16. The molecule has 0 aromatic carbocycles. The molecule has 0 bridgehead atoms. The summed E-state index contributed by atoms with van der Waals surface area (Å²) in [5.41, 5.74) is 0. The Morgan fingerprint density at radius 2 is 1.36 bits per heavy atom. The van der Waals surface area contributed by atoms with E-state index in [1.807, 2.05) is 0 Å². The van der Waals surface area contributed by atoms with E-state index < -0.39 is 5.97 Å². The first kappa shape index (κ1) is 27.2. The number of ether oxygens (including phenoxy) is 5. The van der Waals surface area contributed by atoms with Crippen LogP contribution in [0.15, 0.2) is 0 Å². The van der Waals surface area contributed by atoms with Gasteiger partial charge in [0.1, 0.15) is 6.54 Å². The Balaban J connectivity index is 0.000000540. The summed E-state index contributed by atoms with van der Waals surface area (Å²) >= 11 is 0. The van der Waals surface area contributed by atoms with E-state index in [9.17, 15) is 9.90 Å². The summed E-state index contributed by atoms with van der Waals surface area (Å²) in [6, 6.07) is 0. The van der Waals surface area contributed by atoms with Crippen LogP contribution in [0.5, 0.6) is 0 Å². The molecule has 28 heavy (non-hydrogen) atoms. The molecule has 1 rings (SSSR count). The molecule has 8 nitrogen and oxygen atoms in total. The summed E-state index contributed by atoms with van der Waals surface area (Å²) < 4.78 is 26.7. The van der Waals surface area contributed by atoms with Crippen LogP contribution in [-0.2, 0) is 28.5 Å². The van der Waals surface area contributed by atoms with E-state index in [2.05, 4.69) is 14.0 Å². The van der Waals surface area contributed by atoms with Crippen molar-refractivity contribution in [2.24, 2.45) is 0 Å². The van der Waals surface area contributed by atoms with Crippen molar-refractivity contribution in [2.75, 3.05) is 93.3 Å². The van der Waals surface area contributed by atoms with Gasteiger partial charge in [0.15, 0.2) is 0 Å². The van der Waals surface area contributed by atoms with Crippen LogP contribution >= 0.6 is 0 Å². The van der Waals surface area contributed by atoms with Crippen LogP contribution in [0, 0.1) is 0 Å². The second-order valence-electron chi connectivity index (χ2n) is 7.00. The van der Waals surface area contributed by atoms with Gasteiger partial charge in [0, 0.05) is 26.1 Å². The average molecular weight is 408 g/mol. The van der Waals surface area contributed by atoms with E-state index in [1.165, 1.54) is 43.4 Å². The molecule has 0 saturated carbocycles. The van der Waals surface area contributed by atoms with Gasteiger partial charge >= 0.3 is 0 Å². The molecule has 1 aliphatic heterocycles. The van der Waals surface area contributed by atoms with Crippen LogP contribution in [0.1, 0.15) is 32.6 Å². The number of rotatable bonds is 16. The zero-order chi connectivity index (χ0) is 20.9.